The lowest BCUT2D eigenvalue weighted by atomic mass is 10.1. The molecule has 1 unspecified atom stereocenters. The van der Waals surface area contributed by atoms with Crippen LogP contribution in [-0.4, -0.2) is 46.5 Å². The van der Waals surface area contributed by atoms with E-state index in [-0.39, 0.29) is 19.0 Å². The van der Waals surface area contributed by atoms with Gasteiger partial charge in [0.15, 0.2) is 0 Å². The number of rotatable bonds is 6. The van der Waals surface area contributed by atoms with Crippen molar-refractivity contribution in [3.63, 3.8) is 0 Å². The second-order valence-corrected chi connectivity index (χ2v) is 6.78. The molecule has 100 valence electrons. The maximum absolute atomic E-state index is 11.3. The average molecular weight is 266 g/mol. The summed E-state index contributed by atoms with van der Waals surface area (Å²) in [5.74, 6) is -1.10. The highest BCUT2D eigenvalue weighted by molar-refractivity contribution is 7.58. The van der Waals surface area contributed by atoms with E-state index >= 15 is 0 Å². The van der Waals surface area contributed by atoms with Crippen LogP contribution in [0.4, 0.5) is 0 Å². The molecular formula is C9H19N2O5P. The zero-order valence-electron chi connectivity index (χ0n) is 10.2. The van der Waals surface area contributed by atoms with Gasteiger partial charge in [-0.1, -0.05) is 13.8 Å². The van der Waals surface area contributed by atoms with Crippen LogP contribution in [-0.2, 0) is 14.2 Å². The van der Waals surface area contributed by atoms with Crippen molar-refractivity contribution in [2.24, 2.45) is 5.92 Å². The molecular weight excluding hydrogens is 247 g/mol. The van der Waals surface area contributed by atoms with Gasteiger partial charge in [0.2, 0.25) is 19.2 Å². The Balaban J connectivity index is 3.99. The Kier molecular flexibility index (Phi) is 6.37. The molecule has 0 fully saturated rings. The molecule has 0 aliphatic rings. The highest BCUT2D eigenvalue weighted by atomic mass is 31.2. The molecule has 17 heavy (non-hydrogen) atoms. The second-order valence-electron chi connectivity index (χ2n) is 4.36. The van der Waals surface area contributed by atoms with Crippen LogP contribution in [0.15, 0.2) is 0 Å². The number of carbonyl (C=O) groups excluding carboxylic acids is 2. The molecule has 0 bridgehead atoms. The van der Waals surface area contributed by atoms with Crippen molar-refractivity contribution in [1.82, 2.24) is 10.4 Å². The molecule has 7 nitrogen and oxygen atoms in total. The van der Waals surface area contributed by atoms with Gasteiger partial charge in [-0.2, -0.15) is 0 Å². The lowest BCUT2D eigenvalue weighted by Gasteiger charge is -2.17. The summed E-state index contributed by atoms with van der Waals surface area (Å²) in [5.41, 5.74) is 0. The quantitative estimate of drug-likeness (QED) is 0.276. The number of nitrogens with zero attached hydrogens (tertiary/aromatic N) is 1. The zero-order valence-corrected chi connectivity index (χ0v) is 11.1. The lowest BCUT2D eigenvalue weighted by molar-refractivity contribution is -0.168. The largest absolute Gasteiger partial charge is 0.344 e. The van der Waals surface area contributed by atoms with Crippen LogP contribution >= 0.6 is 7.37 Å². The summed E-state index contributed by atoms with van der Waals surface area (Å²) in [4.78, 5) is 31.3. The van der Waals surface area contributed by atoms with Crippen molar-refractivity contribution in [2.45, 2.75) is 20.3 Å². The van der Waals surface area contributed by atoms with E-state index in [0.717, 1.165) is 6.66 Å². The van der Waals surface area contributed by atoms with Gasteiger partial charge in [0, 0.05) is 13.1 Å². The molecule has 0 aliphatic carbocycles. The maximum Gasteiger partial charge on any atom is 0.247 e. The first-order valence-electron chi connectivity index (χ1n) is 5.17. The second kappa shape index (κ2) is 6.74. The van der Waals surface area contributed by atoms with E-state index in [9.17, 15) is 19.4 Å². The standard InChI is InChI=1S/C9H19N2O5P/c1-7(2)4-9(13)11(14)6-10-8(12)5-17(3,15)16/h7,14H,4-6H2,1-3H3,(H,10,12)(H,15,16). The topological polar surface area (TPSA) is 107 Å². The Bertz CT molecular complexity index is 325. The molecule has 1 atom stereocenters. The minimum atomic E-state index is -3.43. The molecule has 0 saturated carbocycles. The van der Waals surface area contributed by atoms with Crippen LogP contribution in [0.1, 0.15) is 20.3 Å². The lowest BCUT2D eigenvalue weighted by Crippen LogP contribution is -2.40. The normalized spacial score (nSPS) is 14.2. The Labute approximate surface area is 100 Å². The molecule has 0 heterocycles. The van der Waals surface area contributed by atoms with Gasteiger partial charge >= 0.3 is 0 Å². The predicted molar refractivity (Wildman–Crippen MR) is 61.7 cm³/mol. The van der Waals surface area contributed by atoms with Gasteiger partial charge in [-0.15, -0.1) is 0 Å². The third-order valence-corrected chi connectivity index (χ3v) is 2.61. The number of carbonyl (C=O) groups is 2. The fourth-order valence-electron chi connectivity index (χ4n) is 1.03. The number of hydrogen-bond acceptors (Lipinski definition) is 4. The van der Waals surface area contributed by atoms with Crippen molar-refractivity contribution >= 4 is 19.2 Å². The van der Waals surface area contributed by atoms with Crippen LogP contribution in [0.3, 0.4) is 0 Å². The molecule has 2 amide bonds. The highest BCUT2D eigenvalue weighted by Gasteiger charge is 2.18. The first kappa shape index (κ1) is 16.1. The number of nitrogens with one attached hydrogen (secondary N) is 1. The van der Waals surface area contributed by atoms with Gasteiger partial charge in [-0.05, 0) is 5.92 Å². The molecule has 0 aromatic carbocycles. The van der Waals surface area contributed by atoms with E-state index in [1.165, 1.54) is 0 Å². The van der Waals surface area contributed by atoms with E-state index in [4.69, 9.17) is 4.89 Å². The van der Waals surface area contributed by atoms with Gasteiger partial charge in [-0.25, -0.2) is 5.06 Å². The Morgan fingerprint density at radius 2 is 1.94 bits per heavy atom. The van der Waals surface area contributed by atoms with Crippen molar-refractivity contribution in [2.75, 3.05) is 19.5 Å². The van der Waals surface area contributed by atoms with Crippen LogP contribution < -0.4 is 5.32 Å². The SMILES string of the molecule is CC(C)CC(=O)N(O)CNC(=O)CP(C)(=O)O. The fourth-order valence-corrected chi connectivity index (χ4v) is 1.67. The summed E-state index contributed by atoms with van der Waals surface area (Å²) in [6, 6.07) is 0. The fraction of sp³-hybridized carbons (Fsp3) is 0.778. The summed E-state index contributed by atoms with van der Waals surface area (Å²) >= 11 is 0. The molecule has 3 N–H and O–H groups in total. The van der Waals surface area contributed by atoms with Crippen LogP contribution in [0.25, 0.3) is 0 Å². The third-order valence-electron chi connectivity index (χ3n) is 1.73. The molecule has 0 radical (unpaired) electrons. The monoisotopic (exact) mass is 266 g/mol. The van der Waals surface area contributed by atoms with E-state index in [2.05, 4.69) is 5.32 Å². The number of hydroxylamine groups is 2. The summed E-state index contributed by atoms with van der Waals surface area (Å²) < 4.78 is 10.9. The first-order chi connectivity index (χ1) is 7.61. The molecule has 0 aromatic rings. The van der Waals surface area contributed by atoms with Gasteiger partial charge in [0.1, 0.15) is 12.8 Å². The van der Waals surface area contributed by atoms with Crippen LogP contribution in [0.5, 0.6) is 0 Å². The van der Waals surface area contributed by atoms with Crippen molar-refractivity contribution in [3.05, 3.63) is 0 Å². The Morgan fingerprint density at radius 3 is 2.35 bits per heavy atom. The number of hydrogen-bond donors (Lipinski definition) is 3. The van der Waals surface area contributed by atoms with Crippen LogP contribution in [0.2, 0.25) is 0 Å². The highest BCUT2D eigenvalue weighted by Crippen LogP contribution is 2.33. The van der Waals surface area contributed by atoms with Crippen molar-refractivity contribution in [3.8, 4) is 0 Å². The van der Waals surface area contributed by atoms with Gasteiger partial charge in [-0.3, -0.25) is 19.4 Å². The summed E-state index contributed by atoms with van der Waals surface area (Å²) in [6.45, 7) is 4.32. The minimum Gasteiger partial charge on any atom is -0.344 e. The summed E-state index contributed by atoms with van der Waals surface area (Å²) in [5, 5.41) is 11.8. The van der Waals surface area contributed by atoms with Gasteiger partial charge in [0.05, 0.1) is 0 Å². The molecule has 8 heteroatoms. The minimum absolute atomic E-state index is 0.0983. The van der Waals surface area contributed by atoms with Crippen molar-refractivity contribution < 1.29 is 24.3 Å². The van der Waals surface area contributed by atoms with E-state index < -0.39 is 25.3 Å². The number of amides is 2. The predicted octanol–water partition coefficient (Wildman–Crippen LogP) is 0.224. The first-order valence-corrected chi connectivity index (χ1v) is 7.46. The van der Waals surface area contributed by atoms with Crippen molar-refractivity contribution in [1.29, 1.82) is 0 Å². The molecule has 0 spiro atoms. The van der Waals surface area contributed by atoms with E-state index in [0.29, 0.717) is 5.06 Å². The smallest absolute Gasteiger partial charge is 0.247 e. The Morgan fingerprint density at radius 1 is 1.41 bits per heavy atom. The van der Waals surface area contributed by atoms with E-state index in [1.54, 1.807) is 0 Å². The third kappa shape index (κ3) is 8.85. The van der Waals surface area contributed by atoms with Crippen LogP contribution in [0, 0.1) is 5.92 Å². The van der Waals surface area contributed by atoms with Gasteiger partial charge in [0.25, 0.3) is 0 Å². The average Bonchev–Trinajstić information content (AvgIpc) is 2.10. The molecule has 0 saturated heterocycles. The summed E-state index contributed by atoms with van der Waals surface area (Å²) in [6.07, 6.45) is -0.363. The summed E-state index contributed by atoms with van der Waals surface area (Å²) in [7, 11) is -3.43. The molecule has 0 aromatic heterocycles. The van der Waals surface area contributed by atoms with E-state index in [1.807, 2.05) is 13.8 Å². The Hall–Kier alpha value is -0.910. The maximum atomic E-state index is 11.3. The molecule has 0 aliphatic heterocycles. The zero-order chi connectivity index (χ0) is 13.6. The molecule has 0 rings (SSSR count). The van der Waals surface area contributed by atoms with Gasteiger partial charge < -0.3 is 10.2 Å².